The summed E-state index contributed by atoms with van der Waals surface area (Å²) in [5.74, 6) is 0.500. The number of rotatable bonds is 5. The van der Waals surface area contributed by atoms with Crippen molar-refractivity contribution in [1.82, 2.24) is 9.62 Å². The lowest BCUT2D eigenvalue weighted by Gasteiger charge is -2.29. The summed E-state index contributed by atoms with van der Waals surface area (Å²) in [5.41, 5.74) is 0.829. The van der Waals surface area contributed by atoms with Crippen LogP contribution >= 0.6 is 0 Å². The SMILES string of the molecule is CN1CCCC(CNS(=O)(=O)Cc2ccccc2)C1. The van der Waals surface area contributed by atoms with Gasteiger partial charge >= 0.3 is 0 Å². The van der Waals surface area contributed by atoms with Gasteiger partial charge < -0.3 is 4.90 Å². The molecule has 1 aliphatic heterocycles. The maximum Gasteiger partial charge on any atom is 0.215 e. The molecular weight excluding hydrogens is 260 g/mol. The molecule has 1 atom stereocenters. The molecule has 1 saturated heterocycles. The average molecular weight is 282 g/mol. The fourth-order valence-corrected chi connectivity index (χ4v) is 3.75. The topological polar surface area (TPSA) is 49.4 Å². The lowest BCUT2D eigenvalue weighted by molar-refractivity contribution is 0.211. The third-order valence-electron chi connectivity index (χ3n) is 3.51. The van der Waals surface area contributed by atoms with E-state index in [1.807, 2.05) is 30.3 Å². The van der Waals surface area contributed by atoms with Gasteiger partial charge in [-0.1, -0.05) is 30.3 Å². The molecule has 0 saturated carbocycles. The number of hydrogen-bond acceptors (Lipinski definition) is 3. The highest BCUT2D eigenvalue weighted by Crippen LogP contribution is 2.14. The zero-order valence-electron chi connectivity index (χ0n) is 11.4. The van der Waals surface area contributed by atoms with Crippen molar-refractivity contribution in [3.8, 4) is 0 Å². The number of sulfonamides is 1. The molecule has 1 aromatic rings. The van der Waals surface area contributed by atoms with Crippen LogP contribution in [0.5, 0.6) is 0 Å². The highest BCUT2D eigenvalue weighted by Gasteiger charge is 2.19. The Hall–Kier alpha value is -0.910. The minimum Gasteiger partial charge on any atom is -0.306 e. The number of piperidine rings is 1. The van der Waals surface area contributed by atoms with E-state index >= 15 is 0 Å². The van der Waals surface area contributed by atoms with E-state index in [2.05, 4.69) is 16.7 Å². The summed E-state index contributed by atoms with van der Waals surface area (Å²) in [6, 6.07) is 9.30. The van der Waals surface area contributed by atoms with Crippen LogP contribution in [0.1, 0.15) is 18.4 Å². The second-order valence-corrected chi connectivity index (χ2v) is 7.17. The van der Waals surface area contributed by atoms with E-state index in [0.717, 1.165) is 31.5 Å². The molecule has 0 amide bonds. The molecular formula is C14H22N2O2S. The van der Waals surface area contributed by atoms with Gasteiger partial charge in [0.05, 0.1) is 5.75 Å². The predicted octanol–water partition coefficient (Wildman–Crippen LogP) is 1.45. The number of benzene rings is 1. The van der Waals surface area contributed by atoms with Gasteiger partial charge in [-0.15, -0.1) is 0 Å². The van der Waals surface area contributed by atoms with Crippen molar-refractivity contribution in [3.05, 3.63) is 35.9 Å². The van der Waals surface area contributed by atoms with Gasteiger partial charge in [0, 0.05) is 13.1 Å². The van der Waals surface area contributed by atoms with Crippen molar-refractivity contribution >= 4 is 10.0 Å². The van der Waals surface area contributed by atoms with Gasteiger partial charge in [-0.3, -0.25) is 0 Å². The van der Waals surface area contributed by atoms with Crippen LogP contribution in [-0.4, -0.2) is 40.0 Å². The van der Waals surface area contributed by atoms with Gasteiger partial charge in [-0.05, 0) is 37.9 Å². The Morgan fingerprint density at radius 2 is 2.05 bits per heavy atom. The van der Waals surface area contributed by atoms with Crippen molar-refractivity contribution in [3.63, 3.8) is 0 Å². The predicted molar refractivity (Wildman–Crippen MR) is 77.3 cm³/mol. The largest absolute Gasteiger partial charge is 0.306 e. The summed E-state index contributed by atoms with van der Waals surface area (Å²) in [5, 5.41) is 0. The standard InChI is InChI=1S/C14H22N2O2S/c1-16-9-5-8-14(11-16)10-15-19(17,18)12-13-6-3-2-4-7-13/h2-4,6-7,14-15H,5,8-12H2,1H3. The molecule has 1 aromatic carbocycles. The van der Waals surface area contributed by atoms with Crippen LogP contribution in [0.15, 0.2) is 30.3 Å². The molecule has 106 valence electrons. The molecule has 1 N–H and O–H groups in total. The van der Waals surface area contributed by atoms with E-state index in [9.17, 15) is 8.42 Å². The molecule has 1 fully saturated rings. The molecule has 1 aliphatic rings. The van der Waals surface area contributed by atoms with Crippen LogP contribution in [0.3, 0.4) is 0 Å². The van der Waals surface area contributed by atoms with Crippen LogP contribution in [0.2, 0.25) is 0 Å². The Labute approximate surface area is 115 Å². The van der Waals surface area contributed by atoms with Gasteiger partial charge in [-0.25, -0.2) is 13.1 Å². The fourth-order valence-electron chi connectivity index (χ4n) is 2.53. The van der Waals surface area contributed by atoms with Crippen molar-refractivity contribution in [1.29, 1.82) is 0 Å². The first-order valence-corrected chi connectivity index (χ1v) is 8.40. The van der Waals surface area contributed by atoms with Gasteiger partial charge in [-0.2, -0.15) is 0 Å². The molecule has 2 rings (SSSR count). The molecule has 0 aliphatic carbocycles. The summed E-state index contributed by atoms with van der Waals surface area (Å²) in [4.78, 5) is 2.26. The number of nitrogens with one attached hydrogen (secondary N) is 1. The smallest absolute Gasteiger partial charge is 0.215 e. The van der Waals surface area contributed by atoms with E-state index in [-0.39, 0.29) is 5.75 Å². The molecule has 4 nitrogen and oxygen atoms in total. The van der Waals surface area contributed by atoms with Crippen molar-refractivity contribution < 1.29 is 8.42 Å². The van der Waals surface area contributed by atoms with E-state index in [1.165, 1.54) is 0 Å². The number of hydrogen-bond donors (Lipinski definition) is 1. The van der Waals surface area contributed by atoms with Gasteiger partial charge in [0.1, 0.15) is 0 Å². The Bertz CT molecular complexity index is 487. The normalized spacial score (nSPS) is 21.4. The van der Waals surface area contributed by atoms with E-state index in [4.69, 9.17) is 0 Å². The number of nitrogens with zero attached hydrogens (tertiary/aromatic N) is 1. The van der Waals surface area contributed by atoms with Crippen molar-refractivity contribution in [2.75, 3.05) is 26.7 Å². The monoisotopic (exact) mass is 282 g/mol. The molecule has 0 aromatic heterocycles. The summed E-state index contributed by atoms with van der Waals surface area (Å²) in [6.45, 7) is 2.65. The van der Waals surface area contributed by atoms with Crippen molar-refractivity contribution in [2.24, 2.45) is 5.92 Å². The van der Waals surface area contributed by atoms with Gasteiger partial charge in [0.25, 0.3) is 0 Å². The molecule has 0 bridgehead atoms. The van der Waals surface area contributed by atoms with Crippen LogP contribution in [-0.2, 0) is 15.8 Å². The lowest BCUT2D eigenvalue weighted by atomic mass is 9.99. The first kappa shape index (κ1) is 14.5. The van der Waals surface area contributed by atoms with Crippen LogP contribution < -0.4 is 4.72 Å². The maximum absolute atomic E-state index is 12.0. The second-order valence-electron chi connectivity index (χ2n) is 5.36. The fraction of sp³-hybridized carbons (Fsp3) is 0.571. The molecule has 1 heterocycles. The van der Waals surface area contributed by atoms with Gasteiger partial charge in [0.2, 0.25) is 10.0 Å². The zero-order valence-corrected chi connectivity index (χ0v) is 12.2. The third-order valence-corrected chi connectivity index (χ3v) is 4.83. The summed E-state index contributed by atoms with van der Waals surface area (Å²) in [6.07, 6.45) is 2.26. The first-order chi connectivity index (χ1) is 9.05. The number of likely N-dealkylation sites (tertiary alicyclic amines) is 1. The summed E-state index contributed by atoms with van der Waals surface area (Å²) >= 11 is 0. The van der Waals surface area contributed by atoms with Crippen LogP contribution in [0.4, 0.5) is 0 Å². The average Bonchev–Trinajstić information content (AvgIpc) is 2.37. The summed E-state index contributed by atoms with van der Waals surface area (Å²) < 4.78 is 26.7. The Morgan fingerprint density at radius 3 is 2.74 bits per heavy atom. The Kier molecular flexibility index (Phi) is 4.96. The molecule has 0 radical (unpaired) electrons. The van der Waals surface area contributed by atoms with E-state index in [1.54, 1.807) is 0 Å². The molecule has 5 heteroatoms. The van der Waals surface area contributed by atoms with E-state index in [0.29, 0.717) is 12.5 Å². The van der Waals surface area contributed by atoms with Crippen LogP contribution in [0.25, 0.3) is 0 Å². The lowest BCUT2D eigenvalue weighted by Crippen LogP contribution is -2.39. The summed E-state index contributed by atoms with van der Waals surface area (Å²) in [7, 11) is -1.13. The minimum atomic E-state index is -3.22. The Morgan fingerprint density at radius 1 is 1.32 bits per heavy atom. The third kappa shape index (κ3) is 4.93. The second kappa shape index (κ2) is 6.50. The van der Waals surface area contributed by atoms with E-state index < -0.39 is 10.0 Å². The molecule has 0 spiro atoms. The van der Waals surface area contributed by atoms with Gasteiger partial charge in [0.15, 0.2) is 0 Å². The first-order valence-electron chi connectivity index (χ1n) is 6.75. The van der Waals surface area contributed by atoms with Crippen LogP contribution in [0, 0.1) is 5.92 Å². The molecule has 1 unspecified atom stereocenters. The highest BCUT2D eigenvalue weighted by molar-refractivity contribution is 7.88. The minimum absolute atomic E-state index is 0.0659. The quantitative estimate of drug-likeness (QED) is 0.889. The maximum atomic E-state index is 12.0. The molecule has 19 heavy (non-hydrogen) atoms. The van der Waals surface area contributed by atoms with Crippen molar-refractivity contribution in [2.45, 2.75) is 18.6 Å². The zero-order chi connectivity index (χ0) is 13.7. The highest BCUT2D eigenvalue weighted by atomic mass is 32.2. The Balaban J connectivity index is 1.84.